The largest absolute Gasteiger partial charge is 0.244 e. The van der Waals surface area contributed by atoms with Crippen molar-refractivity contribution in [3.05, 3.63) is 36.0 Å². The van der Waals surface area contributed by atoms with Crippen LogP contribution in [0.25, 0.3) is 21.9 Å². The lowest BCUT2D eigenvalue weighted by Crippen LogP contribution is -2.18. The topological polar surface area (TPSA) is 30.7 Å². The lowest BCUT2D eigenvalue weighted by Gasteiger charge is -2.27. The van der Waals surface area contributed by atoms with Crippen LogP contribution in [0.2, 0.25) is 0 Å². The third-order valence-electron chi connectivity index (χ3n) is 7.15. The minimum absolute atomic E-state index is 0.522. The van der Waals surface area contributed by atoms with E-state index in [1.54, 1.807) is 0 Å². The SMILES string of the molecule is CC1CCC(c2nn(C3CCC(C)CC3)c3nc4ccccc4cc23)CC1. The van der Waals surface area contributed by atoms with E-state index in [4.69, 9.17) is 10.1 Å². The molecule has 2 aromatic heterocycles. The molecule has 0 aliphatic heterocycles. The molecular weight excluding hydrogens is 330 g/mol. The average Bonchev–Trinajstić information content (AvgIpc) is 3.06. The fourth-order valence-electron chi connectivity index (χ4n) is 5.26. The van der Waals surface area contributed by atoms with Crippen LogP contribution in [0.15, 0.2) is 30.3 Å². The zero-order valence-electron chi connectivity index (χ0n) is 16.7. The third kappa shape index (κ3) is 3.15. The van der Waals surface area contributed by atoms with E-state index in [-0.39, 0.29) is 0 Å². The van der Waals surface area contributed by atoms with E-state index < -0.39 is 0 Å². The summed E-state index contributed by atoms with van der Waals surface area (Å²) in [4.78, 5) is 5.10. The minimum Gasteiger partial charge on any atom is -0.244 e. The third-order valence-corrected chi connectivity index (χ3v) is 7.15. The van der Waals surface area contributed by atoms with Crippen LogP contribution in [0.1, 0.15) is 82.9 Å². The van der Waals surface area contributed by atoms with Crippen LogP contribution >= 0.6 is 0 Å². The molecule has 3 heteroatoms. The Labute approximate surface area is 162 Å². The summed E-state index contributed by atoms with van der Waals surface area (Å²) in [7, 11) is 0. The Morgan fingerprint density at radius 3 is 2.26 bits per heavy atom. The number of para-hydroxylation sites is 1. The van der Waals surface area contributed by atoms with E-state index in [9.17, 15) is 0 Å². The quantitative estimate of drug-likeness (QED) is 0.513. The maximum Gasteiger partial charge on any atom is 0.158 e. The van der Waals surface area contributed by atoms with Gasteiger partial charge in [0.15, 0.2) is 5.65 Å². The Morgan fingerprint density at radius 2 is 1.52 bits per heavy atom. The highest BCUT2D eigenvalue weighted by atomic mass is 15.3. The lowest BCUT2D eigenvalue weighted by atomic mass is 9.81. The van der Waals surface area contributed by atoms with Crippen LogP contribution in [0.5, 0.6) is 0 Å². The van der Waals surface area contributed by atoms with E-state index in [0.717, 1.165) is 23.0 Å². The Hall–Kier alpha value is -1.90. The van der Waals surface area contributed by atoms with Gasteiger partial charge in [-0.05, 0) is 62.5 Å². The molecular formula is C24H31N3. The molecule has 0 unspecified atom stereocenters. The van der Waals surface area contributed by atoms with E-state index in [2.05, 4.69) is 48.9 Å². The molecule has 142 valence electrons. The first-order valence-corrected chi connectivity index (χ1v) is 11.0. The number of pyridine rings is 1. The molecule has 3 aromatic rings. The van der Waals surface area contributed by atoms with E-state index >= 15 is 0 Å². The van der Waals surface area contributed by atoms with Gasteiger partial charge >= 0.3 is 0 Å². The number of benzene rings is 1. The standard InChI is InChI=1S/C24H31N3/c1-16-7-11-18(12-8-16)23-21-15-19-5-3-4-6-22(19)25-24(21)27(26-23)20-13-9-17(2)10-14-20/h3-6,15-18,20H,7-14H2,1-2H3. The predicted molar refractivity (Wildman–Crippen MR) is 112 cm³/mol. The number of rotatable bonds is 2. The molecule has 2 saturated carbocycles. The van der Waals surface area contributed by atoms with Crippen molar-refractivity contribution < 1.29 is 0 Å². The van der Waals surface area contributed by atoms with Gasteiger partial charge in [0.05, 0.1) is 17.3 Å². The summed E-state index contributed by atoms with van der Waals surface area (Å²) in [6.07, 6.45) is 10.3. The molecule has 0 bridgehead atoms. The van der Waals surface area contributed by atoms with Gasteiger partial charge in [-0.1, -0.05) is 44.9 Å². The zero-order chi connectivity index (χ0) is 18.4. The molecule has 0 amide bonds. The zero-order valence-corrected chi connectivity index (χ0v) is 16.7. The lowest BCUT2D eigenvalue weighted by molar-refractivity contribution is 0.275. The highest BCUT2D eigenvalue weighted by molar-refractivity contribution is 5.92. The van der Waals surface area contributed by atoms with Crippen LogP contribution in [-0.4, -0.2) is 14.8 Å². The number of hydrogen-bond acceptors (Lipinski definition) is 2. The number of nitrogens with zero attached hydrogens (tertiary/aromatic N) is 3. The van der Waals surface area contributed by atoms with Gasteiger partial charge in [-0.3, -0.25) is 0 Å². The molecule has 0 atom stereocenters. The number of aromatic nitrogens is 3. The summed E-state index contributed by atoms with van der Waals surface area (Å²) in [5, 5.41) is 7.82. The van der Waals surface area contributed by atoms with Crippen LogP contribution in [-0.2, 0) is 0 Å². The molecule has 5 rings (SSSR count). The van der Waals surface area contributed by atoms with Gasteiger partial charge in [0, 0.05) is 16.7 Å². The summed E-state index contributed by atoms with van der Waals surface area (Å²) >= 11 is 0. The first kappa shape index (κ1) is 17.2. The van der Waals surface area contributed by atoms with E-state index in [1.807, 2.05) is 0 Å². The smallest absolute Gasteiger partial charge is 0.158 e. The molecule has 2 heterocycles. The molecule has 2 aliphatic carbocycles. The fraction of sp³-hybridized carbons (Fsp3) is 0.583. The molecule has 3 nitrogen and oxygen atoms in total. The molecule has 1 aromatic carbocycles. The predicted octanol–water partition coefficient (Wildman–Crippen LogP) is 6.63. The Morgan fingerprint density at radius 1 is 0.852 bits per heavy atom. The monoisotopic (exact) mass is 361 g/mol. The average molecular weight is 362 g/mol. The van der Waals surface area contributed by atoms with Crippen molar-refractivity contribution in [3.8, 4) is 0 Å². The van der Waals surface area contributed by atoms with Crippen LogP contribution in [0, 0.1) is 11.8 Å². The Kier molecular flexibility index (Phi) is 4.41. The summed E-state index contributed by atoms with van der Waals surface area (Å²) in [6, 6.07) is 11.4. The van der Waals surface area contributed by atoms with Gasteiger partial charge in [-0.2, -0.15) is 5.10 Å². The van der Waals surface area contributed by atoms with E-state index in [1.165, 1.54) is 67.8 Å². The van der Waals surface area contributed by atoms with Crippen LogP contribution in [0.3, 0.4) is 0 Å². The second-order valence-corrected chi connectivity index (χ2v) is 9.25. The molecule has 2 fully saturated rings. The van der Waals surface area contributed by atoms with Crippen LogP contribution in [0.4, 0.5) is 0 Å². The highest BCUT2D eigenvalue weighted by Crippen LogP contribution is 2.40. The maximum atomic E-state index is 5.26. The van der Waals surface area contributed by atoms with Crippen molar-refractivity contribution >= 4 is 21.9 Å². The van der Waals surface area contributed by atoms with Gasteiger partial charge in [-0.15, -0.1) is 0 Å². The van der Waals surface area contributed by atoms with Crippen molar-refractivity contribution in [2.24, 2.45) is 11.8 Å². The summed E-state index contributed by atoms with van der Waals surface area (Å²) < 4.78 is 2.32. The molecule has 27 heavy (non-hydrogen) atoms. The van der Waals surface area contributed by atoms with Crippen molar-refractivity contribution in [1.82, 2.24) is 14.8 Å². The van der Waals surface area contributed by atoms with Gasteiger partial charge < -0.3 is 0 Å². The van der Waals surface area contributed by atoms with Crippen molar-refractivity contribution in [1.29, 1.82) is 0 Å². The Balaban J connectivity index is 1.63. The fourth-order valence-corrected chi connectivity index (χ4v) is 5.26. The first-order chi connectivity index (χ1) is 13.2. The molecule has 0 saturated heterocycles. The molecule has 0 spiro atoms. The van der Waals surface area contributed by atoms with Gasteiger partial charge in [-0.25, -0.2) is 9.67 Å². The van der Waals surface area contributed by atoms with Crippen molar-refractivity contribution in [2.75, 3.05) is 0 Å². The number of fused-ring (bicyclic) bond motifs is 2. The second kappa shape index (κ2) is 6.92. The summed E-state index contributed by atoms with van der Waals surface area (Å²) in [6.45, 7) is 4.78. The Bertz CT molecular complexity index is 865. The highest BCUT2D eigenvalue weighted by Gasteiger charge is 2.28. The number of hydrogen-bond donors (Lipinski definition) is 0. The first-order valence-electron chi connectivity index (χ1n) is 11.0. The van der Waals surface area contributed by atoms with Gasteiger partial charge in [0.1, 0.15) is 0 Å². The second-order valence-electron chi connectivity index (χ2n) is 9.25. The van der Waals surface area contributed by atoms with E-state index in [0.29, 0.717) is 12.0 Å². The minimum atomic E-state index is 0.522. The molecule has 0 radical (unpaired) electrons. The normalized spacial score (nSPS) is 29.4. The summed E-state index contributed by atoms with van der Waals surface area (Å²) in [5.41, 5.74) is 3.55. The van der Waals surface area contributed by atoms with Crippen LogP contribution < -0.4 is 0 Å². The van der Waals surface area contributed by atoms with Crippen molar-refractivity contribution in [2.45, 2.75) is 77.2 Å². The van der Waals surface area contributed by atoms with Crippen molar-refractivity contribution in [3.63, 3.8) is 0 Å². The van der Waals surface area contributed by atoms with Gasteiger partial charge in [0.25, 0.3) is 0 Å². The molecule has 2 aliphatic rings. The maximum absolute atomic E-state index is 5.26. The summed E-state index contributed by atoms with van der Waals surface area (Å²) in [5.74, 6) is 2.33. The molecule has 0 N–H and O–H groups in total. The van der Waals surface area contributed by atoms with Gasteiger partial charge in [0.2, 0.25) is 0 Å².